The Hall–Kier alpha value is -0.300. The molecule has 0 aliphatic carbocycles. The van der Waals surface area contributed by atoms with Crippen molar-refractivity contribution < 1.29 is 5.11 Å². The van der Waals surface area contributed by atoms with Crippen LogP contribution in [0.1, 0.15) is 77.6 Å². The first-order chi connectivity index (χ1) is 7.91. The first-order valence-electron chi connectivity index (χ1n) is 7.17. The molecule has 1 heteroatoms. The standard InChI is InChI=1S/C15H30O/c1-2-3-4-5-6-7-8-9-10-11-12-13-14-15-16/h10-11,16H,2-9,12-15H2,1H3. The minimum absolute atomic E-state index is 0.339. The summed E-state index contributed by atoms with van der Waals surface area (Å²) in [6, 6.07) is 0. The third kappa shape index (κ3) is 13.7. The smallest absolute Gasteiger partial charge is 0.0431 e. The second-order valence-corrected chi connectivity index (χ2v) is 4.60. The van der Waals surface area contributed by atoms with Crippen molar-refractivity contribution in [2.24, 2.45) is 0 Å². The average Bonchev–Trinajstić information content (AvgIpc) is 2.31. The van der Waals surface area contributed by atoms with Crippen LogP contribution in [0.3, 0.4) is 0 Å². The van der Waals surface area contributed by atoms with Gasteiger partial charge in [-0.1, -0.05) is 57.6 Å². The molecular formula is C15H30O. The fraction of sp³-hybridized carbons (Fsp3) is 0.867. The van der Waals surface area contributed by atoms with E-state index in [0.29, 0.717) is 6.61 Å². The summed E-state index contributed by atoms with van der Waals surface area (Å²) < 4.78 is 0. The summed E-state index contributed by atoms with van der Waals surface area (Å²) in [6.45, 7) is 2.60. The molecule has 1 N–H and O–H groups in total. The Kier molecular flexibility index (Phi) is 14.4. The maximum absolute atomic E-state index is 8.60. The maximum atomic E-state index is 8.60. The minimum atomic E-state index is 0.339. The number of aliphatic hydroxyl groups is 1. The van der Waals surface area contributed by atoms with E-state index in [4.69, 9.17) is 5.11 Å². The van der Waals surface area contributed by atoms with Crippen molar-refractivity contribution in [3.63, 3.8) is 0 Å². The molecule has 96 valence electrons. The molecule has 0 aromatic heterocycles. The molecule has 0 radical (unpaired) electrons. The van der Waals surface area contributed by atoms with Crippen LogP contribution in [0.2, 0.25) is 0 Å². The van der Waals surface area contributed by atoms with Gasteiger partial charge in [0.2, 0.25) is 0 Å². The molecule has 0 aromatic carbocycles. The van der Waals surface area contributed by atoms with E-state index in [-0.39, 0.29) is 0 Å². The molecule has 16 heavy (non-hydrogen) atoms. The normalized spacial score (nSPS) is 11.4. The van der Waals surface area contributed by atoms with Crippen molar-refractivity contribution in [1.82, 2.24) is 0 Å². The van der Waals surface area contributed by atoms with Crippen LogP contribution >= 0.6 is 0 Å². The van der Waals surface area contributed by atoms with E-state index in [0.717, 1.165) is 19.3 Å². The number of aliphatic hydroxyl groups excluding tert-OH is 1. The van der Waals surface area contributed by atoms with E-state index in [1.807, 2.05) is 0 Å². The Bertz CT molecular complexity index is 140. The lowest BCUT2D eigenvalue weighted by Crippen LogP contribution is -1.81. The van der Waals surface area contributed by atoms with Crippen LogP contribution in [0.4, 0.5) is 0 Å². The minimum Gasteiger partial charge on any atom is -0.396 e. The van der Waals surface area contributed by atoms with Crippen LogP contribution in [-0.2, 0) is 0 Å². The van der Waals surface area contributed by atoms with Crippen LogP contribution in [0.15, 0.2) is 12.2 Å². The average molecular weight is 226 g/mol. The van der Waals surface area contributed by atoms with Crippen LogP contribution in [0.5, 0.6) is 0 Å². The molecule has 0 aromatic rings. The van der Waals surface area contributed by atoms with E-state index in [2.05, 4.69) is 19.1 Å². The van der Waals surface area contributed by atoms with Gasteiger partial charge in [0.1, 0.15) is 0 Å². The van der Waals surface area contributed by atoms with Crippen molar-refractivity contribution in [2.45, 2.75) is 77.6 Å². The molecule has 0 fully saturated rings. The molecule has 1 nitrogen and oxygen atoms in total. The molecule has 0 heterocycles. The van der Waals surface area contributed by atoms with Gasteiger partial charge in [-0.2, -0.15) is 0 Å². The second-order valence-electron chi connectivity index (χ2n) is 4.60. The predicted octanol–water partition coefficient (Wildman–Crippen LogP) is 4.85. The molecular weight excluding hydrogens is 196 g/mol. The monoisotopic (exact) mass is 226 g/mol. The fourth-order valence-corrected chi connectivity index (χ4v) is 1.83. The maximum Gasteiger partial charge on any atom is 0.0431 e. The second kappa shape index (κ2) is 14.7. The van der Waals surface area contributed by atoms with Crippen LogP contribution in [-0.4, -0.2) is 11.7 Å². The summed E-state index contributed by atoms with van der Waals surface area (Å²) >= 11 is 0. The van der Waals surface area contributed by atoms with Crippen LogP contribution < -0.4 is 0 Å². The van der Waals surface area contributed by atoms with E-state index in [9.17, 15) is 0 Å². The molecule has 0 amide bonds. The highest BCUT2D eigenvalue weighted by Crippen LogP contribution is 2.08. The lowest BCUT2D eigenvalue weighted by Gasteiger charge is -1.98. The zero-order chi connectivity index (χ0) is 11.9. The molecule has 0 rings (SSSR count). The van der Waals surface area contributed by atoms with Gasteiger partial charge in [0, 0.05) is 6.61 Å². The lowest BCUT2D eigenvalue weighted by atomic mass is 10.1. The molecule has 0 aliphatic heterocycles. The highest BCUT2D eigenvalue weighted by atomic mass is 16.2. The SMILES string of the molecule is CCCCCCCCCC=CCCCCO. The number of allylic oxidation sites excluding steroid dienone is 2. The first-order valence-corrected chi connectivity index (χ1v) is 7.17. The third-order valence-corrected chi connectivity index (χ3v) is 2.92. The summed E-state index contributed by atoms with van der Waals surface area (Å²) in [4.78, 5) is 0. The van der Waals surface area contributed by atoms with Gasteiger partial charge in [-0.3, -0.25) is 0 Å². The van der Waals surface area contributed by atoms with Gasteiger partial charge in [0.15, 0.2) is 0 Å². The van der Waals surface area contributed by atoms with Gasteiger partial charge in [0.25, 0.3) is 0 Å². The Balaban J connectivity index is 2.97. The van der Waals surface area contributed by atoms with Crippen LogP contribution in [0, 0.1) is 0 Å². The quantitative estimate of drug-likeness (QED) is 0.373. The fourth-order valence-electron chi connectivity index (χ4n) is 1.83. The van der Waals surface area contributed by atoms with E-state index in [1.165, 1.54) is 51.4 Å². The summed E-state index contributed by atoms with van der Waals surface area (Å²) in [5.41, 5.74) is 0. The summed E-state index contributed by atoms with van der Waals surface area (Å²) in [6.07, 6.45) is 18.8. The number of hydrogen-bond acceptors (Lipinski definition) is 1. The molecule has 0 unspecified atom stereocenters. The zero-order valence-corrected chi connectivity index (χ0v) is 11.1. The Morgan fingerprint density at radius 1 is 0.688 bits per heavy atom. The highest BCUT2D eigenvalue weighted by molar-refractivity contribution is 4.81. The van der Waals surface area contributed by atoms with Gasteiger partial charge in [-0.25, -0.2) is 0 Å². The van der Waals surface area contributed by atoms with Gasteiger partial charge < -0.3 is 5.11 Å². The Labute approximate surface area is 102 Å². The van der Waals surface area contributed by atoms with Crippen molar-refractivity contribution in [3.05, 3.63) is 12.2 Å². The molecule has 0 atom stereocenters. The molecule has 0 spiro atoms. The largest absolute Gasteiger partial charge is 0.396 e. The predicted molar refractivity (Wildman–Crippen MR) is 72.7 cm³/mol. The molecule has 0 saturated carbocycles. The first kappa shape index (κ1) is 15.7. The van der Waals surface area contributed by atoms with E-state index in [1.54, 1.807) is 0 Å². The van der Waals surface area contributed by atoms with E-state index >= 15 is 0 Å². The van der Waals surface area contributed by atoms with Crippen molar-refractivity contribution in [1.29, 1.82) is 0 Å². The number of rotatable bonds is 12. The lowest BCUT2D eigenvalue weighted by molar-refractivity contribution is 0.285. The Morgan fingerprint density at radius 2 is 1.19 bits per heavy atom. The summed E-state index contributed by atoms with van der Waals surface area (Å²) in [7, 11) is 0. The number of unbranched alkanes of at least 4 members (excludes halogenated alkanes) is 9. The topological polar surface area (TPSA) is 20.2 Å². The Morgan fingerprint density at radius 3 is 1.75 bits per heavy atom. The molecule has 0 aliphatic rings. The molecule has 0 saturated heterocycles. The van der Waals surface area contributed by atoms with Crippen LogP contribution in [0.25, 0.3) is 0 Å². The highest BCUT2D eigenvalue weighted by Gasteiger charge is 1.89. The zero-order valence-electron chi connectivity index (χ0n) is 11.1. The summed E-state index contributed by atoms with van der Waals surface area (Å²) in [5.74, 6) is 0. The van der Waals surface area contributed by atoms with E-state index < -0.39 is 0 Å². The van der Waals surface area contributed by atoms with Gasteiger partial charge in [0.05, 0.1) is 0 Å². The third-order valence-electron chi connectivity index (χ3n) is 2.92. The van der Waals surface area contributed by atoms with Gasteiger partial charge >= 0.3 is 0 Å². The van der Waals surface area contributed by atoms with Gasteiger partial charge in [-0.05, 0) is 32.1 Å². The van der Waals surface area contributed by atoms with Crippen molar-refractivity contribution in [2.75, 3.05) is 6.61 Å². The number of hydrogen-bond donors (Lipinski definition) is 1. The van der Waals surface area contributed by atoms with Crippen molar-refractivity contribution >= 4 is 0 Å². The molecule has 0 bridgehead atoms. The van der Waals surface area contributed by atoms with Crippen molar-refractivity contribution in [3.8, 4) is 0 Å². The van der Waals surface area contributed by atoms with Gasteiger partial charge in [-0.15, -0.1) is 0 Å². The summed E-state index contributed by atoms with van der Waals surface area (Å²) in [5, 5.41) is 8.60.